The summed E-state index contributed by atoms with van der Waals surface area (Å²) in [6.45, 7) is 2.79. The molecule has 0 N–H and O–H groups in total. The van der Waals surface area contributed by atoms with Gasteiger partial charge in [-0.25, -0.2) is 9.97 Å². The summed E-state index contributed by atoms with van der Waals surface area (Å²) in [6, 6.07) is 18.8. The van der Waals surface area contributed by atoms with Crippen molar-refractivity contribution in [3.63, 3.8) is 0 Å². The summed E-state index contributed by atoms with van der Waals surface area (Å²) < 4.78 is 5.89. The lowest BCUT2D eigenvalue weighted by Crippen LogP contribution is -2.30. The Hall–Kier alpha value is -2.83. The summed E-state index contributed by atoms with van der Waals surface area (Å²) in [6.07, 6.45) is 2.73. The second-order valence-corrected chi connectivity index (χ2v) is 8.59. The molecule has 2 aromatic heterocycles. The van der Waals surface area contributed by atoms with Crippen molar-refractivity contribution in [2.24, 2.45) is 0 Å². The zero-order chi connectivity index (χ0) is 21.6. The largest absolute Gasteiger partial charge is 0.439 e. The summed E-state index contributed by atoms with van der Waals surface area (Å²) in [5, 5.41) is 1.34. The number of halogens is 1. The van der Waals surface area contributed by atoms with Gasteiger partial charge in [0.2, 0.25) is 5.89 Å². The maximum absolute atomic E-state index is 13.6. The Kier molecular flexibility index (Phi) is 6.89. The highest BCUT2D eigenvalue weighted by atomic mass is 35.5. The quantitative estimate of drug-likeness (QED) is 0.297. The number of benzene rings is 2. The Morgan fingerprint density at radius 1 is 1.10 bits per heavy atom. The van der Waals surface area contributed by atoms with Gasteiger partial charge in [-0.3, -0.25) is 4.79 Å². The molecule has 0 atom stereocenters. The van der Waals surface area contributed by atoms with Crippen LogP contribution in [0.4, 0.5) is 0 Å². The first-order valence-corrected chi connectivity index (χ1v) is 11.5. The molecule has 0 saturated heterocycles. The van der Waals surface area contributed by atoms with Crippen LogP contribution in [0.5, 0.6) is 0 Å². The number of hydrogen-bond donors (Lipinski definition) is 0. The number of thioether (sulfide) groups is 1. The number of nitrogens with zero attached hydrogens (tertiary/aromatic N) is 3. The van der Waals surface area contributed by atoms with Gasteiger partial charge in [-0.15, -0.1) is 11.8 Å². The van der Waals surface area contributed by atoms with E-state index in [1.165, 1.54) is 0 Å². The first-order chi connectivity index (χ1) is 15.1. The van der Waals surface area contributed by atoms with Crippen molar-refractivity contribution in [2.75, 3.05) is 5.75 Å². The maximum Gasteiger partial charge on any atom is 0.257 e. The van der Waals surface area contributed by atoms with Crippen molar-refractivity contribution < 1.29 is 9.21 Å². The number of fused-ring (bicyclic) bond motifs is 1. The van der Waals surface area contributed by atoms with Crippen LogP contribution in [0.15, 0.2) is 76.3 Å². The van der Waals surface area contributed by atoms with Crippen LogP contribution in [-0.2, 0) is 13.1 Å². The van der Waals surface area contributed by atoms with Crippen molar-refractivity contribution in [3.8, 4) is 0 Å². The van der Waals surface area contributed by atoms with E-state index in [9.17, 15) is 4.79 Å². The predicted molar refractivity (Wildman–Crippen MR) is 124 cm³/mol. The zero-order valence-corrected chi connectivity index (χ0v) is 18.7. The van der Waals surface area contributed by atoms with Crippen LogP contribution >= 0.6 is 23.4 Å². The molecule has 5 nitrogen and oxygen atoms in total. The lowest BCUT2D eigenvalue weighted by atomic mass is 10.2. The minimum Gasteiger partial charge on any atom is -0.439 e. The Morgan fingerprint density at radius 3 is 2.74 bits per heavy atom. The molecular formula is C24H22ClN3O2S. The fourth-order valence-corrected chi connectivity index (χ4v) is 4.23. The van der Waals surface area contributed by atoms with Gasteiger partial charge in [0.25, 0.3) is 5.91 Å². The molecule has 0 unspecified atom stereocenters. The summed E-state index contributed by atoms with van der Waals surface area (Å²) in [7, 11) is 0. The molecule has 0 aliphatic heterocycles. The standard InChI is InChI=1S/C24H22ClN3O2S/c1-2-13-31-23-19(9-6-12-26-23)24(29)28(15-17-7-4-3-5-8-17)16-22-27-20-14-18(25)10-11-21(20)30-22/h3-12,14H,2,13,15-16H2,1H3. The van der Waals surface area contributed by atoms with Crippen LogP contribution in [0, 0.1) is 0 Å². The van der Waals surface area contributed by atoms with E-state index >= 15 is 0 Å². The highest BCUT2D eigenvalue weighted by Crippen LogP contribution is 2.25. The Balaban J connectivity index is 1.66. The molecule has 0 aliphatic rings. The van der Waals surface area contributed by atoms with Crippen LogP contribution < -0.4 is 0 Å². The molecule has 7 heteroatoms. The van der Waals surface area contributed by atoms with Gasteiger partial charge in [0.05, 0.1) is 12.1 Å². The molecule has 0 fully saturated rings. The SMILES string of the molecule is CCCSc1ncccc1C(=O)N(Cc1ccccc1)Cc1nc2cc(Cl)ccc2o1. The first kappa shape index (κ1) is 21.4. The van der Waals surface area contributed by atoms with E-state index in [2.05, 4.69) is 16.9 Å². The zero-order valence-electron chi connectivity index (χ0n) is 17.1. The molecule has 0 bridgehead atoms. The summed E-state index contributed by atoms with van der Waals surface area (Å²) in [5.74, 6) is 1.27. The molecule has 0 spiro atoms. The lowest BCUT2D eigenvalue weighted by Gasteiger charge is -2.22. The van der Waals surface area contributed by atoms with E-state index in [0.29, 0.717) is 34.1 Å². The Morgan fingerprint density at radius 2 is 1.94 bits per heavy atom. The monoisotopic (exact) mass is 451 g/mol. The maximum atomic E-state index is 13.6. The predicted octanol–water partition coefficient (Wildman–Crippen LogP) is 6.22. The number of carbonyl (C=O) groups is 1. The third kappa shape index (κ3) is 5.27. The van der Waals surface area contributed by atoms with Crippen molar-refractivity contribution in [1.29, 1.82) is 0 Å². The molecule has 2 heterocycles. The molecule has 4 aromatic rings. The summed E-state index contributed by atoms with van der Waals surface area (Å²) >= 11 is 7.67. The van der Waals surface area contributed by atoms with Crippen LogP contribution in [0.3, 0.4) is 0 Å². The minimum atomic E-state index is -0.101. The average molecular weight is 452 g/mol. The molecule has 31 heavy (non-hydrogen) atoms. The second-order valence-electron chi connectivity index (χ2n) is 7.07. The lowest BCUT2D eigenvalue weighted by molar-refractivity contribution is 0.0711. The minimum absolute atomic E-state index is 0.101. The summed E-state index contributed by atoms with van der Waals surface area (Å²) in [5.41, 5.74) is 2.94. The Bertz CT molecular complexity index is 1180. The second kappa shape index (κ2) is 9.98. The third-order valence-electron chi connectivity index (χ3n) is 4.67. The first-order valence-electron chi connectivity index (χ1n) is 10.1. The number of pyridine rings is 1. The van der Waals surface area contributed by atoms with Crippen LogP contribution in [0.2, 0.25) is 5.02 Å². The van der Waals surface area contributed by atoms with Gasteiger partial charge in [-0.2, -0.15) is 0 Å². The van der Waals surface area contributed by atoms with Crippen molar-refractivity contribution in [2.45, 2.75) is 31.5 Å². The van der Waals surface area contributed by atoms with Crippen molar-refractivity contribution in [1.82, 2.24) is 14.9 Å². The van der Waals surface area contributed by atoms with E-state index < -0.39 is 0 Å². The van der Waals surface area contributed by atoms with Crippen LogP contribution in [-0.4, -0.2) is 26.5 Å². The van der Waals surface area contributed by atoms with Gasteiger partial charge in [-0.05, 0) is 48.1 Å². The van der Waals surface area contributed by atoms with E-state index in [-0.39, 0.29) is 12.5 Å². The van der Waals surface area contributed by atoms with E-state index in [0.717, 1.165) is 22.8 Å². The number of carbonyl (C=O) groups excluding carboxylic acids is 1. The number of aromatic nitrogens is 2. The van der Waals surface area contributed by atoms with E-state index in [4.69, 9.17) is 16.0 Å². The van der Waals surface area contributed by atoms with E-state index in [1.807, 2.05) is 36.4 Å². The molecule has 0 aliphatic carbocycles. The topological polar surface area (TPSA) is 59.2 Å². The van der Waals surface area contributed by atoms with Gasteiger partial charge in [0, 0.05) is 17.8 Å². The third-order valence-corrected chi connectivity index (χ3v) is 6.11. The molecule has 158 valence electrons. The molecule has 1 amide bonds. The molecule has 2 aromatic carbocycles. The Labute approximate surface area is 190 Å². The van der Waals surface area contributed by atoms with Gasteiger partial charge in [0.15, 0.2) is 5.58 Å². The molecule has 0 saturated carbocycles. The number of hydrogen-bond acceptors (Lipinski definition) is 5. The van der Waals surface area contributed by atoms with Crippen molar-refractivity contribution >= 4 is 40.4 Å². The number of amides is 1. The van der Waals surface area contributed by atoms with Gasteiger partial charge >= 0.3 is 0 Å². The fraction of sp³-hybridized carbons (Fsp3) is 0.208. The van der Waals surface area contributed by atoms with Gasteiger partial charge in [-0.1, -0.05) is 48.9 Å². The smallest absolute Gasteiger partial charge is 0.257 e. The average Bonchev–Trinajstić information content (AvgIpc) is 3.19. The van der Waals surface area contributed by atoms with E-state index in [1.54, 1.807) is 47.1 Å². The summed E-state index contributed by atoms with van der Waals surface area (Å²) in [4.78, 5) is 24.3. The fourth-order valence-electron chi connectivity index (χ4n) is 3.22. The number of oxazole rings is 1. The normalized spacial score (nSPS) is 11.0. The van der Waals surface area contributed by atoms with Gasteiger partial charge < -0.3 is 9.32 Å². The molecular weight excluding hydrogens is 430 g/mol. The van der Waals surface area contributed by atoms with Crippen LogP contribution in [0.25, 0.3) is 11.1 Å². The highest BCUT2D eigenvalue weighted by molar-refractivity contribution is 7.99. The molecule has 0 radical (unpaired) electrons. The number of rotatable bonds is 8. The van der Waals surface area contributed by atoms with Crippen molar-refractivity contribution in [3.05, 3.63) is 88.9 Å². The molecule has 4 rings (SSSR count). The van der Waals surface area contributed by atoms with Gasteiger partial charge in [0.1, 0.15) is 10.5 Å². The highest BCUT2D eigenvalue weighted by Gasteiger charge is 2.22. The van der Waals surface area contributed by atoms with Crippen LogP contribution in [0.1, 0.15) is 35.2 Å².